The molecule has 0 radical (unpaired) electrons. The average molecular weight is 320 g/mol. The highest BCUT2D eigenvalue weighted by atomic mass is 16.5. The Labute approximate surface area is 134 Å². The highest BCUT2D eigenvalue weighted by molar-refractivity contribution is 6.02. The van der Waals surface area contributed by atoms with E-state index in [0.29, 0.717) is 17.9 Å². The molecule has 2 amide bonds. The summed E-state index contributed by atoms with van der Waals surface area (Å²) in [4.78, 5) is 36.3. The topological polar surface area (TPSA) is 95.9 Å². The summed E-state index contributed by atoms with van der Waals surface area (Å²) in [6.45, 7) is 3.27. The number of fused-ring (bicyclic) bond motifs is 1. The van der Waals surface area contributed by atoms with Crippen molar-refractivity contribution in [2.24, 2.45) is 0 Å². The standard InChI is InChI=1S/C16H20N2O5/c1-16(2,8-7-15(21)22)17-13(19)9-18-11-5-3-4-6-12(11)23-10-14(18)20/h3-6H,7-10H2,1-2H3,(H,17,19)(H,21,22). The number of amides is 2. The van der Waals surface area contributed by atoms with Gasteiger partial charge in [0, 0.05) is 12.0 Å². The van der Waals surface area contributed by atoms with Crippen LogP contribution in [0.2, 0.25) is 0 Å². The van der Waals surface area contributed by atoms with Crippen LogP contribution in [0.1, 0.15) is 26.7 Å². The molecule has 1 aromatic carbocycles. The molecule has 2 rings (SSSR count). The number of carbonyl (C=O) groups is 3. The van der Waals surface area contributed by atoms with Crippen LogP contribution in [0.15, 0.2) is 24.3 Å². The number of anilines is 1. The van der Waals surface area contributed by atoms with Crippen molar-refractivity contribution < 1.29 is 24.2 Å². The van der Waals surface area contributed by atoms with Crippen LogP contribution in [-0.4, -0.2) is 41.6 Å². The molecule has 7 heteroatoms. The smallest absolute Gasteiger partial charge is 0.303 e. The lowest BCUT2D eigenvalue weighted by atomic mass is 9.98. The van der Waals surface area contributed by atoms with Crippen LogP contribution in [-0.2, 0) is 14.4 Å². The van der Waals surface area contributed by atoms with Crippen molar-refractivity contribution in [3.63, 3.8) is 0 Å². The van der Waals surface area contributed by atoms with E-state index in [9.17, 15) is 14.4 Å². The first-order chi connectivity index (χ1) is 10.8. The third-order valence-corrected chi connectivity index (χ3v) is 3.55. The fourth-order valence-corrected chi connectivity index (χ4v) is 2.37. The predicted molar refractivity (Wildman–Crippen MR) is 83.4 cm³/mol. The summed E-state index contributed by atoms with van der Waals surface area (Å²) in [6, 6.07) is 7.02. The van der Waals surface area contributed by atoms with Crippen LogP contribution < -0.4 is 15.0 Å². The minimum atomic E-state index is -0.912. The van der Waals surface area contributed by atoms with Crippen LogP contribution in [0.25, 0.3) is 0 Å². The number of rotatable bonds is 6. The molecule has 0 unspecified atom stereocenters. The van der Waals surface area contributed by atoms with Crippen molar-refractivity contribution in [3.05, 3.63) is 24.3 Å². The van der Waals surface area contributed by atoms with Crippen LogP contribution >= 0.6 is 0 Å². The molecule has 0 saturated carbocycles. The lowest BCUT2D eigenvalue weighted by molar-refractivity contribution is -0.137. The average Bonchev–Trinajstić information content (AvgIpc) is 2.48. The van der Waals surface area contributed by atoms with E-state index in [-0.39, 0.29) is 31.4 Å². The zero-order valence-corrected chi connectivity index (χ0v) is 13.2. The summed E-state index contributed by atoms with van der Waals surface area (Å²) in [6.07, 6.45) is 0.272. The Kier molecular flexibility index (Phi) is 4.88. The molecular weight excluding hydrogens is 300 g/mol. The number of ether oxygens (including phenoxy) is 1. The second-order valence-corrected chi connectivity index (χ2v) is 6.06. The molecule has 124 valence electrons. The summed E-state index contributed by atoms with van der Waals surface area (Å²) < 4.78 is 5.33. The van der Waals surface area contributed by atoms with E-state index in [4.69, 9.17) is 9.84 Å². The molecule has 2 N–H and O–H groups in total. The van der Waals surface area contributed by atoms with Crippen molar-refractivity contribution >= 4 is 23.5 Å². The van der Waals surface area contributed by atoms with Crippen LogP contribution in [0, 0.1) is 0 Å². The quantitative estimate of drug-likeness (QED) is 0.820. The molecule has 7 nitrogen and oxygen atoms in total. The van der Waals surface area contributed by atoms with E-state index in [0.717, 1.165) is 0 Å². The maximum absolute atomic E-state index is 12.2. The second kappa shape index (κ2) is 6.68. The van der Waals surface area contributed by atoms with Crippen molar-refractivity contribution in [1.82, 2.24) is 5.32 Å². The molecule has 1 aliphatic rings. The number of hydrogen-bond acceptors (Lipinski definition) is 4. The van der Waals surface area contributed by atoms with Crippen LogP contribution in [0.5, 0.6) is 5.75 Å². The van der Waals surface area contributed by atoms with Gasteiger partial charge in [0.25, 0.3) is 5.91 Å². The fourth-order valence-electron chi connectivity index (χ4n) is 2.37. The molecule has 23 heavy (non-hydrogen) atoms. The summed E-state index contributed by atoms with van der Waals surface area (Å²) in [5, 5.41) is 11.5. The number of hydrogen-bond donors (Lipinski definition) is 2. The van der Waals surface area contributed by atoms with Gasteiger partial charge in [0.2, 0.25) is 5.91 Å². The molecular formula is C16H20N2O5. The zero-order chi connectivity index (χ0) is 17.0. The van der Waals surface area contributed by atoms with Gasteiger partial charge in [0.05, 0.1) is 5.69 Å². The van der Waals surface area contributed by atoms with E-state index < -0.39 is 11.5 Å². The zero-order valence-electron chi connectivity index (χ0n) is 13.2. The predicted octanol–water partition coefficient (Wildman–Crippen LogP) is 1.17. The largest absolute Gasteiger partial charge is 0.482 e. The van der Waals surface area contributed by atoms with Gasteiger partial charge in [-0.1, -0.05) is 12.1 Å². The Morgan fingerprint density at radius 2 is 2.04 bits per heavy atom. The van der Waals surface area contributed by atoms with E-state index in [1.807, 2.05) is 0 Å². The SMILES string of the molecule is CC(C)(CCC(=O)O)NC(=O)CN1C(=O)COc2ccccc21. The number of benzene rings is 1. The number of carbonyl (C=O) groups excluding carboxylic acids is 2. The van der Waals surface area contributed by atoms with Crippen molar-refractivity contribution in [2.75, 3.05) is 18.1 Å². The number of aliphatic carboxylic acids is 1. The lowest BCUT2D eigenvalue weighted by Crippen LogP contribution is -2.50. The number of para-hydroxylation sites is 2. The number of carboxylic acid groups (broad SMARTS) is 1. The lowest BCUT2D eigenvalue weighted by Gasteiger charge is -2.31. The van der Waals surface area contributed by atoms with Gasteiger partial charge in [-0.2, -0.15) is 0 Å². The Bertz CT molecular complexity index is 627. The van der Waals surface area contributed by atoms with E-state index in [2.05, 4.69) is 5.32 Å². The fraction of sp³-hybridized carbons (Fsp3) is 0.438. The van der Waals surface area contributed by atoms with Gasteiger partial charge >= 0.3 is 5.97 Å². The number of nitrogens with one attached hydrogen (secondary N) is 1. The summed E-state index contributed by atoms with van der Waals surface area (Å²) in [7, 11) is 0. The maximum atomic E-state index is 12.2. The van der Waals surface area contributed by atoms with Crippen LogP contribution in [0.3, 0.4) is 0 Å². The first-order valence-corrected chi connectivity index (χ1v) is 7.33. The molecule has 1 aliphatic heterocycles. The minimum Gasteiger partial charge on any atom is -0.482 e. The van der Waals surface area contributed by atoms with E-state index in [1.54, 1.807) is 38.1 Å². The first kappa shape index (κ1) is 16.8. The van der Waals surface area contributed by atoms with E-state index in [1.165, 1.54) is 4.90 Å². The normalized spacial score (nSPS) is 14.0. The molecule has 0 aromatic heterocycles. The highest BCUT2D eigenvalue weighted by Crippen LogP contribution is 2.31. The Morgan fingerprint density at radius 1 is 1.35 bits per heavy atom. The van der Waals surface area contributed by atoms with Gasteiger partial charge in [-0.25, -0.2) is 0 Å². The molecule has 0 atom stereocenters. The third-order valence-electron chi connectivity index (χ3n) is 3.55. The molecule has 0 spiro atoms. The van der Waals surface area contributed by atoms with Crippen molar-refractivity contribution in [2.45, 2.75) is 32.2 Å². The maximum Gasteiger partial charge on any atom is 0.303 e. The van der Waals surface area contributed by atoms with E-state index >= 15 is 0 Å². The summed E-state index contributed by atoms with van der Waals surface area (Å²) in [5.74, 6) is -0.984. The van der Waals surface area contributed by atoms with Gasteiger partial charge < -0.3 is 15.2 Å². The molecule has 0 bridgehead atoms. The monoisotopic (exact) mass is 320 g/mol. The Morgan fingerprint density at radius 3 is 2.74 bits per heavy atom. The second-order valence-electron chi connectivity index (χ2n) is 6.06. The molecule has 0 fully saturated rings. The summed E-state index contributed by atoms with van der Waals surface area (Å²) >= 11 is 0. The van der Waals surface area contributed by atoms with Gasteiger partial charge in [0.1, 0.15) is 12.3 Å². The third kappa shape index (κ3) is 4.45. The highest BCUT2D eigenvalue weighted by Gasteiger charge is 2.29. The van der Waals surface area contributed by atoms with Gasteiger partial charge in [-0.15, -0.1) is 0 Å². The van der Waals surface area contributed by atoms with Gasteiger partial charge in [-0.05, 0) is 32.4 Å². The number of nitrogens with zero attached hydrogens (tertiary/aromatic N) is 1. The van der Waals surface area contributed by atoms with Gasteiger partial charge in [0.15, 0.2) is 6.61 Å². The molecule has 0 aliphatic carbocycles. The molecule has 1 heterocycles. The van der Waals surface area contributed by atoms with Crippen molar-refractivity contribution in [1.29, 1.82) is 0 Å². The Balaban J connectivity index is 2.02. The van der Waals surface area contributed by atoms with Crippen LogP contribution in [0.4, 0.5) is 5.69 Å². The van der Waals surface area contributed by atoms with Gasteiger partial charge in [-0.3, -0.25) is 19.3 Å². The molecule has 0 saturated heterocycles. The van der Waals surface area contributed by atoms with Crippen molar-refractivity contribution in [3.8, 4) is 5.75 Å². The first-order valence-electron chi connectivity index (χ1n) is 7.33. The summed E-state index contributed by atoms with van der Waals surface area (Å²) in [5.41, 5.74) is -0.105. The minimum absolute atomic E-state index is 0.0351. The Hall–Kier alpha value is -2.57. The molecule has 1 aromatic rings. The number of carboxylic acids is 1.